The summed E-state index contributed by atoms with van der Waals surface area (Å²) in [4.78, 5) is 16.6. The molecule has 164 valence electrons. The second-order valence-electron chi connectivity index (χ2n) is 6.83. The molecule has 3 heterocycles. The lowest BCUT2D eigenvalue weighted by Crippen LogP contribution is -2.32. The van der Waals surface area contributed by atoms with Crippen LogP contribution in [0.25, 0.3) is 10.8 Å². The van der Waals surface area contributed by atoms with E-state index in [1.807, 2.05) is 0 Å². The summed E-state index contributed by atoms with van der Waals surface area (Å²) in [6.07, 6.45) is 3.08. The van der Waals surface area contributed by atoms with Gasteiger partial charge in [0, 0.05) is 18.5 Å². The van der Waals surface area contributed by atoms with Crippen molar-refractivity contribution in [2.75, 3.05) is 13.2 Å². The van der Waals surface area contributed by atoms with E-state index < -0.39 is 16.0 Å². The molecule has 2 aromatic heterocycles. The largest absolute Gasteiger partial charge is 0.462 e. The van der Waals surface area contributed by atoms with Gasteiger partial charge in [0.15, 0.2) is 10.8 Å². The van der Waals surface area contributed by atoms with Gasteiger partial charge in [-0.1, -0.05) is 11.6 Å². The average Bonchev–Trinajstić information content (AvgIpc) is 3.53. The number of aromatic nitrogens is 1. The summed E-state index contributed by atoms with van der Waals surface area (Å²) in [7, 11) is -3.91. The molecule has 1 aliphatic rings. The SMILES string of the molecule is O=C(OCc1csc(-c2ccco2)n1)c1ccc(Cl)c(S(=O)(=O)NCC2CCCO2)c1. The number of nitrogens with one attached hydrogen (secondary N) is 1. The van der Waals surface area contributed by atoms with E-state index in [0.717, 1.165) is 12.8 Å². The lowest BCUT2D eigenvalue weighted by atomic mass is 10.2. The molecule has 11 heteroatoms. The fraction of sp³-hybridized carbons (Fsp3) is 0.300. The Morgan fingerprint density at radius 1 is 1.35 bits per heavy atom. The summed E-state index contributed by atoms with van der Waals surface area (Å²) in [6, 6.07) is 7.53. The number of benzene rings is 1. The van der Waals surface area contributed by atoms with Gasteiger partial charge in [0.2, 0.25) is 10.0 Å². The summed E-state index contributed by atoms with van der Waals surface area (Å²) in [6.45, 7) is 0.712. The molecule has 0 saturated carbocycles. The van der Waals surface area contributed by atoms with Crippen molar-refractivity contribution in [1.82, 2.24) is 9.71 Å². The van der Waals surface area contributed by atoms with E-state index in [2.05, 4.69) is 9.71 Å². The number of hydrogen-bond acceptors (Lipinski definition) is 8. The van der Waals surface area contributed by atoms with Crippen LogP contribution in [0.3, 0.4) is 0 Å². The van der Waals surface area contributed by atoms with Crippen LogP contribution in [0.1, 0.15) is 28.9 Å². The molecule has 0 radical (unpaired) electrons. The third kappa shape index (κ3) is 5.34. The molecule has 0 spiro atoms. The molecule has 1 aromatic carbocycles. The van der Waals surface area contributed by atoms with Crippen LogP contribution >= 0.6 is 22.9 Å². The molecule has 4 rings (SSSR count). The Kier molecular flexibility index (Phi) is 6.73. The Morgan fingerprint density at radius 3 is 2.97 bits per heavy atom. The van der Waals surface area contributed by atoms with Gasteiger partial charge in [0.1, 0.15) is 11.5 Å². The molecule has 1 aliphatic heterocycles. The number of rotatable bonds is 8. The lowest BCUT2D eigenvalue weighted by molar-refractivity contribution is 0.0468. The van der Waals surface area contributed by atoms with E-state index in [9.17, 15) is 13.2 Å². The molecule has 1 unspecified atom stereocenters. The molecule has 3 aromatic rings. The monoisotopic (exact) mass is 482 g/mol. The summed E-state index contributed by atoms with van der Waals surface area (Å²) in [5.74, 6) is -0.0505. The van der Waals surface area contributed by atoms with Crippen LogP contribution in [0.4, 0.5) is 0 Å². The minimum Gasteiger partial charge on any atom is -0.462 e. The first-order chi connectivity index (χ1) is 14.9. The second-order valence-corrected chi connectivity index (χ2v) is 9.83. The maximum Gasteiger partial charge on any atom is 0.338 e. The zero-order valence-corrected chi connectivity index (χ0v) is 18.6. The molecular formula is C20H19ClN2O6S2. The zero-order valence-electron chi connectivity index (χ0n) is 16.2. The van der Waals surface area contributed by atoms with Crippen LogP contribution < -0.4 is 4.72 Å². The van der Waals surface area contributed by atoms with Gasteiger partial charge >= 0.3 is 5.97 Å². The molecule has 0 amide bonds. The quantitative estimate of drug-likeness (QED) is 0.485. The number of thiazole rings is 1. The normalized spacial score (nSPS) is 16.5. The maximum atomic E-state index is 12.7. The van der Waals surface area contributed by atoms with Crippen LogP contribution in [0, 0.1) is 0 Å². The highest BCUT2D eigenvalue weighted by Crippen LogP contribution is 2.26. The van der Waals surface area contributed by atoms with Gasteiger partial charge < -0.3 is 13.9 Å². The van der Waals surface area contributed by atoms with E-state index in [4.69, 9.17) is 25.5 Å². The van der Waals surface area contributed by atoms with Gasteiger partial charge in [0.05, 0.1) is 28.6 Å². The molecular weight excluding hydrogens is 464 g/mol. The van der Waals surface area contributed by atoms with Gasteiger partial charge in [-0.25, -0.2) is 22.9 Å². The summed E-state index contributed by atoms with van der Waals surface area (Å²) >= 11 is 7.45. The number of furan rings is 1. The van der Waals surface area contributed by atoms with Crippen molar-refractivity contribution in [2.45, 2.75) is 30.4 Å². The second kappa shape index (κ2) is 9.49. The minimum atomic E-state index is -3.91. The summed E-state index contributed by atoms with van der Waals surface area (Å²) in [5.41, 5.74) is 0.633. The van der Waals surface area contributed by atoms with Crippen LogP contribution in [0.15, 0.2) is 51.3 Å². The predicted octanol–water partition coefficient (Wildman–Crippen LogP) is 3.87. The number of halogens is 1. The fourth-order valence-corrected chi connectivity index (χ4v) is 5.39. The minimum absolute atomic E-state index is 0.0129. The maximum absolute atomic E-state index is 12.7. The molecule has 1 N–H and O–H groups in total. The Morgan fingerprint density at radius 2 is 2.23 bits per heavy atom. The van der Waals surface area contributed by atoms with Crippen LogP contribution in [-0.2, 0) is 26.1 Å². The molecule has 0 bridgehead atoms. The fourth-order valence-electron chi connectivity index (χ4n) is 3.03. The summed E-state index contributed by atoms with van der Waals surface area (Å²) in [5, 5.41) is 2.45. The van der Waals surface area contributed by atoms with E-state index in [1.54, 1.807) is 23.8 Å². The molecule has 1 saturated heterocycles. The highest BCUT2D eigenvalue weighted by molar-refractivity contribution is 7.89. The first-order valence-electron chi connectivity index (χ1n) is 9.48. The number of carbonyl (C=O) groups is 1. The summed E-state index contributed by atoms with van der Waals surface area (Å²) < 4.78 is 43.8. The highest BCUT2D eigenvalue weighted by atomic mass is 35.5. The average molecular weight is 483 g/mol. The number of carbonyl (C=O) groups excluding carboxylic acids is 1. The van der Waals surface area contributed by atoms with Crippen LogP contribution in [0.2, 0.25) is 5.02 Å². The lowest BCUT2D eigenvalue weighted by Gasteiger charge is -2.13. The van der Waals surface area contributed by atoms with E-state index >= 15 is 0 Å². The van der Waals surface area contributed by atoms with Gasteiger partial charge in [-0.05, 0) is 43.2 Å². The standard InChI is InChI=1S/C20H19ClN2O6S2/c21-16-6-5-13(9-18(16)31(25,26)22-10-15-3-1-7-27-15)20(24)29-11-14-12-30-19(23-14)17-4-2-8-28-17/h2,4-6,8-9,12,15,22H,1,3,7,10-11H2. The predicted molar refractivity (Wildman–Crippen MR) is 115 cm³/mol. The van der Waals surface area contributed by atoms with E-state index in [0.29, 0.717) is 23.1 Å². The van der Waals surface area contributed by atoms with Crippen molar-refractivity contribution in [3.8, 4) is 10.8 Å². The number of ether oxygens (including phenoxy) is 2. The van der Waals surface area contributed by atoms with Gasteiger partial charge in [-0.3, -0.25) is 0 Å². The number of hydrogen-bond donors (Lipinski definition) is 1. The molecule has 1 fully saturated rings. The van der Waals surface area contributed by atoms with Crippen molar-refractivity contribution in [3.63, 3.8) is 0 Å². The van der Waals surface area contributed by atoms with Gasteiger partial charge in [-0.15, -0.1) is 11.3 Å². The molecule has 8 nitrogen and oxygen atoms in total. The molecule has 1 atom stereocenters. The molecule has 31 heavy (non-hydrogen) atoms. The van der Waals surface area contributed by atoms with Crippen molar-refractivity contribution < 1.29 is 27.1 Å². The first-order valence-corrected chi connectivity index (χ1v) is 12.2. The van der Waals surface area contributed by atoms with Crippen LogP contribution in [-0.4, -0.2) is 38.6 Å². The van der Waals surface area contributed by atoms with Crippen molar-refractivity contribution in [2.24, 2.45) is 0 Å². The topological polar surface area (TPSA) is 108 Å². The molecule has 0 aliphatic carbocycles. The Labute approximate surface area is 188 Å². The number of esters is 1. The first kappa shape index (κ1) is 22.0. The van der Waals surface area contributed by atoms with Gasteiger partial charge in [-0.2, -0.15) is 0 Å². The number of nitrogens with zero attached hydrogens (tertiary/aromatic N) is 1. The third-order valence-electron chi connectivity index (χ3n) is 4.62. The third-order valence-corrected chi connectivity index (χ3v) is 7.43. The Bertz CT molecular complexity index is 1150. The van der Waals surface area contributed by atoms with Gasteiger partial charge in [0.25, 0.3) is 0 Å². The highest BCUT2D eigenvalue weighted by Gasteiger charge is 2.24. The van der Waals surface area contributed by atoms with E-state index in [-0.39, 0.29) is 34.7 Å². The van der Waals surface area contributed by atoms with E-state index in [1.165, 1.54) is 29.5 Å². The zero-order chi connectivity index (χ0) is 21.8. The van der Waals surface area contributed by atoms with Crippen LogP contribution in [0.5, 0.6) is 0 Å². The Hall–Kier alpha value is -2.24. The van der Waals surface area contributed by atoms with Crippen molar-refractivity contribution >= 4 is 38.9 Å². The number of sulfonamides is 1. The smallest absolute Gasteiger partial charge is 0.338 e. The van der Waals surface area contributed by atoms with Crippen molar-refractivity contribution in [3.05, 3.63) is 58.3 Å². The Balaban J connectivity index is 1.41. The van der Waals surface area contributed by atoms with Crippen molar-refractivity contribution in [1.29, 1.82) is 0 Å².